The Morgan fingerprint density at radius 2 is 1.97 bits per heavy atom. The lowest BCUT2D eigenvalue weighted by Gasteiger charge is -2.08. The van der Waals surface area contributed by atoms with Gasteiger partial charge in [0.2, 0.25) is 0 Å². The molecular weight excluding hydrogens is 423 g/mol. The average molecular weight is 442 g/mol. The highest BCUT2D eigenvalue weighted by Gasteiger charge is 2.22. The Morgan fingerprint density at radius 3 is 2.76 bits per heavy atom. The third kappa shape index (κ3) is 3.84. The van der Waals surface area contributed by atoms with Crippen LogP contribution in [0.1, 0.15) is 16.1 Å². The van der Waals surface area contributed by atoms with Gasteiger partial charge in [0, 0.05) is 42.4 Å². The quantitative estimate of drug-likeness (QED) is 0.372. The number of fused-ring (bicyclic) bond motifs is 1. The van der Waals surface area contributed by atoms with Crippen molar-refractivity contribution < 1.29 is 13.9 Å². The molecule has 164 valence electrons. The zero-order valence-electron chi connectivity index (χ0n) is 17.9. The standard InChI is InChI=1S/C24H19FN6O2/c1-30-23(18(13-27-30)20-12-17(33-2)8-9-26-20)21(32)10-16-11-22-28-24(15-6-4-3-5-7-15)29-31(22)14-19(16)25/h3-9,11-14H,10H2,1-2H3. The van der Waals surface area contributed by atoms with E-state index in [0.717, 1.165) is 5.56 Å². The Kier molecular flexibility index (Phi) is 5.14. The summed E-state index contributed by atoms with van der Waals surface area (Å²) in [5.74, 6) is 0.264. The topological polar surface area (TPSA) is 87.2 Å². The summed E-state index contributed by atoms with van der Waals surface area (Å²) in [6, 6.07) is 14.4. The Labute approximate surface area is 188 Å². The number of aromatic nitrogens is 6. The first-order chi connectivity index (χ1) is 16.0. The molecule has 0 aliphatic heterocycles. The molecule has 0 N–H and O–H groups in total. The number of nitrogens with zero attached hydrogens (tertiary/aromatic N) is 6. The van der Waals surface area contributed by atoms with Crippen molar-refractivity contribution in [1.29, 1.82) is 0 Å². The monoisotopic (exact) mass is 442 g/mol. The van der Waals surface area contributed by atoms with Crippen LogP contribution in [0.5, 0.6) is 5.75 Å². The van der Waals surface area contributed by atoms with Crippen LogP contribution >= 0.6 is 0 Å². The minimum Gasteiger partial charge on any atom is -0.497 e. The summed E-state index contributed by atoms with van der Waals surface area (Å²) in [6.07, 6.45) is 4.25. The second kappa shape index (κ2) is 8.27. The predicted molar refractivity (Wildman–Crippen MR) is 119 cm³/mol. The Hall–Kier alpha value is -4.40. The number of carbonyl (C=O) groups is 1. The van der Waals surface area contributed by atoms with Gasteiger partial charge in [-0.2, -0.15) is 5.10 Å². The molecule has 4 heterocycles. The average Bonchev–Trinajstić information content (AvgIpc) is 3.43. The number of rotatable bonds is 6. The van der Waals surface area contributed by atoms with Crippen LogP contribution in [0.4, 0.5) is 4.39 Å². The molecule has 0 saturated carbocycles. The van der Waals surface area contributed by atoms with E-state index in [1.807, 2.05) is 30.3 Å². The van der Waals surface area contributed by atoms with Crippen LogP contribution < -0.4 is 4.74 Å². The van der Waals surface area contributed by atoms with Gasteiger partial charge in [0.05, 0.1) is 25.2 Å². The highest BCUT2D eigenvalue weighted by molar-refractivity contribution is 6.01. The van der Waals surface area contributed by atoms with Crippen LogP contribution in [0.3, 0.4) is 0 Å². The van der Waals surface area contributed by atoms with Gasteiger partial charge in [-0.3, -0.25) is 14.5 Å². The molecule has 5 aromatic rings. The largest absolute Gasteiger partial charge is 0.497 e. The molecule has 0 radical (unpaired) electrons. The third-order valence-electron chi connectivity index (χ3n) is 5.33. The van der Waals surface area contributed by atoms with Crippen LogP contribution in [-0.4, -0.2) is 42.3 Å². The lowest BCUT2D eigenvalue weighted by molar-refractivity contribution is 0.0983. The van der Waals surface area contributed by atoms with Crippen LogP contribution in [0.2, 0.25) is 0 Å². The smallest absolute Gasteiger partial charge is 0.186 e. The molecule has 0 aliphatic rings. The number of Topliss-reactive ketones (excluding diaryl/α,β-unsaturated/α-hetero) is 1. The number of ketones is 1. The van der Waals surface area contributed by atoms with Gasteiger partial charge >= 0.3 is 0 Å². The summed E-state index contributed by atoms with van der Waals surface area (Å²) < 4.78 is 23.0. The van der Waals surface area contributed by atoms with Gasteiger partial charge < -0.3 is 4.74 Å². The SMILES string of the molecule is COc1ccnc(-c2cnn(C)c2C(=O)Cc2cc3nc(-c4ccccc4)nn3cc2F)c1. The Morgan fingerprint density at radius 1 is 1.15 bits per heavy atom. The summed E-state index contributed by atoms with van der Waals surface area (Å²) in [7, 11) is 3.22. The molecule has 9 heteroatoms. The molecular formula is C24H19FN6O2. The van der Waals surface area contributed by atoms with E-state index < -0.39 is 5.82 Å². The molecule has 0 amide bonds. The maximum absolute atomic E-state index is 14.9. The van der Waals surface area contributed by atoms with Crippen molar-refractivity contribution in [2.45, 2.75) is 6.42 Å². The van der Waals surface area contributed by atoms with Crippen LogP contribution in [0.15, 0.2) is 67.1 Å². The number of pyridine rings is 2. The number of halogens is 1. The van der Waals surface area contributed by atoms with E-state index >= 15 is 0 Å². The van der Waals surface area contributed by atoms with Crippen LogP contribution in [0.25, 0.3) is 28.3 Å². The zero-order chi connectivity index (χ0) is 22.9. The second-order valence-electron chi connectivity index (χ2n) is 7.46. The first-order valence-corrected chi connectivity index (χ1v) is 10.2. The fraction of sp³-hybridized carbons (Fsp3) is 0.125. The van der Waals surface area contributed by atoms with Crippen molar-refractivity contribution in [3.63, 3.8) is 0 Å². The fourth-order valence-electron chi connectivity index (χ4n) is 3.69. The van der Waals surface area contributed by atoms with E-state index in [9.17, 15) is 9.18 Å². The number of hydrogen-bond donors (Lipinski definition) is 0. The normalized spacial score (nSPS) is 11.1. The maximum Gasteiger partial charge on any atom is 0.186 e. The van der Waals surface area contributed by atoms with Gasteiger partial charge in [-0.05, 0) is 12.1 Å². The molecule has 5 rings (SSSR count). The second-order valence-corrected chi connectivity index (χ2v) is 7.46. The molecule has 0 spiro atoms. The summed E-state index contributed by atoms with van der Waals surface area (Å²) in [6.45, 7) is 0. The lowest BCUT2D eigenvalue weighted by Crippen LogP contribution is -2.12. The van der Waals surface area contributed by atoms with Gasteiger partial charge in [-0.25, -0.2) is 13.9 Å². The first-order valence-electron chi connectivity index (χ1n) is 10.2. The van der Waals surface area contributed by atoms with Gasteiger partial charge in [0.25, 0.3) is 0 Å². The van der Waals surface area contributed by atoms with E-state index in [1.54, 1.807) is 44.8 Å². The number of carbonyl (C=O) groups excluding carboxylic acids is 1. The zero-order valence-corrected chi connectivity index (χ0v) is 17.9. The lowest BCUT2D eigenvalue weighted by atomic mass is 10.0. The third-order valence-corrected chi connectivity index (χ3v) is 5.33. The molecule has 0 unspecified atom stereocenters. The van der Waals surface area contributed by atoms with Gasteiger partial charge in [0.15, 0.2) is 17.3 Å². The van der Waals surface area contributed by atoms with Gasteiger partial charge in [-0.1, -0.05) is 30.3 Å². The highest BCUT2D eigenvalue weighted by atomic mass is 19.1. The van der Waals surface area contributed by atoms with Crippen molar-refractivity contribution >= 4 is 11.4 Å². The number of ether oxygens (including phenoxy) is 1. The summed E-state index contributed by atoms with van der Waals surface area (Å²) in [4.78, 5) is 22.0. The van der Waals surface area contributed by atoms with E-state index in [4.69, 9.17) is 4.74 Å². The van der Waals surface area contributed by atoms with Crippen molar-refractivity contribution in [3.05, 3.63) is 84.2 Å². The molecule has 0 bridgehead atoms. The molecule has 33 heavy (non-hydrogen) atoms. The highest BCUT2D eigenvalue weighted by Crippen LogP contribution is 2.26. The molecule has 0 saturated heterocycles. The van der Waals surface area contributed by atoms with Crippen molar-refractivity contribution in [1.82, 2.24) is 29.4 Å². The molecule has 1 aromatic carbocycles. The van der Waals surface area contributed by atoms with E-state index in [1.165, 1.54) is 15.4 Å². The summed E-state index contributed by atoms with van der Waals surface area (Å²) in [5.41, 5.74) is 2.94. The number of benzene rings is 1. The van der Waals surface area contributed by atoms with Gasteiger partial charge in [-0.15, -0.1) is 5.10 Å². The minimum absolute atomic E-state index is 0.160. The molecule has 8 nitrogen and oxygen atoms in total. The van der Waals surface area contributed by atoms with Crippen LogP contribution in [0, 0.1) is 5.82 Å². The molecule has 0 fully saturated rings. The van der Waals surface area contributed by atoms with Crippen molar-refractivity contribution in [2.24, 2.45) is 7.05 Å². The molecule has 4 aromatic heterocycles. The maximum atomic E-state index is 14.9. The van der Waals surface area contributed by atoms with Crippen LogP contribution in [-0.2, 0) is 13.5 Å². The number of aryl methyl sites for hydroxylation is 1. The Bertz CT molecular complexity index is 1480. The first kappa shape index (κ1) is 20.5. The molecule has 0 atom stereocenters. The van der Waals surface area contributed by atoms with Gasteiger partial charge in [0.1, 0.15) is 17.3 Å². The predicted octanol–water partition coefficient (Wildman–Crippen LogP) is 3.76. The summed E-state index contributed by atoms with van der Waals surface area (Å²) in [5, 5.41) is 8.56. The summed E-state index contributed by atoms with van der Waals surface area (Å²) >= 11 is 0. The van der Waals surface area contributed by atoms with Crippen molar-refractivity contribution in [2.75, 3.05) is 7.11 Å². The number of methoxy groups -OCH3 is 1. The Balaban J connectivity index is 1.48. The fourth-order valence-corrected chi connectivity index (χ4v) is 3.69. The van der Waals surface area contributed by atoms with E-state index in [0.29, 0.717) is 34.2 Å². The molecule has 0 aliphatic carbocycles. The van der Waals surface area contributed by atoms with E-state index in [-0.39, 0.29) is 17.8 Å². The minimum atomic E-state index is -0.538. The van der Waals surface area contributed by atoms with Crippen molar-refractivity contribution in [3.8, 4) is 28.4 Å². The van der Waals surface area contributed by atoms with E-state index in [2.05, 4.69) is 20.2 Å². The number of hydrogen-bond acceptors (Lipinski definition) is 6.